The molecule has 6 heteroatoms. The van der Waals surface area contributed by atoms with Crippen LogP contribution in [0, 0.1) is 6.92 Å². The van der Waals surface area contributed by atoms with Crippen molar-refractivity contribution in [2.75, 3.05) is 17.6 Å². The van der Waals surface area contributed by atoms with Gasteiger partial charge in [0.2, 0.25) is 0 Å². The van der Waals surface area contributed by atoms with Crippen molar-refractivity contribution in [1.29, 1.82) is 0 Å². The highest BCUT2D eigenvalue weighted by Crippen LogP contribution is 2.26. The molecule has 0 fully saturated rings. The summed E-state index contributed by atoms with van der Waals surface area (Å²) in [6.45, 7) is 3.82. The van der Waals surface area contributed by atoms with Crippen molar-refractivity contribution in [3.8, 4) is 11.3 Å². The molecule has 138 valence electrons. The topological polar surface area (TPSA) is 85.0 Å². The van der Waals surface area contributed by atoms with E-state index < -0.39 is 0 Å². The van der Waals surface area contributed by atoms with Crippen LogP contribution in [0.4, 0.5) is 17.2 Å². The molecule has 0 radical (unpaired) electrons. The summed E-state index contributed by atoms with van der Waals surface area (Å²) in [6.07, 6.45) is 2.73. The van der Waals surface area contributed by atoms with E-state index in [1.165, 1.54) is 11.1 Å². The number of benzene rings is 2. The minimum atomic E-state index is -0.167. The van der Waals surface area contributed by atoms with Crippen LogP contribution in [0.1, 0.15) is 16.7 Å². The first-order chi connectivity index (χ1) is 13.0. The number of nitrogens with two attached hydrogens (primary N) is 1. The Morgan fingerprint density at radius 3 is 2.93 bits per heavy atom. The normalized spacial score (nSPS) is 13.3. The van der Waals surface area contributed by atoms with E-state index in [0.717, 1.165) is 36.3 Å². The van der Waals surface area contributed by atoms with Gasteiger partial charge in [-0.05, 0) is 54.8 Å². The second-order valence-electron chi connectivity index (χ2n) is 6.95. The molecule has 0 amide bonds. The fraction of sp³-hybridized carbons (Fsp3) is 0.238. The van der Waals surface area contributed by atoms with Crippen molar-refractivity contribution < 1.29 is 0 Å². The van der Waals surface area contributed by atoms with Crippen LogP contribution in [0.5, 0.6) is 0 Å². The molecule has 4 rings (SSSR count). The summed E-state index contributed by atoms with van der Waals surface area (Å²) in [4.78, 5) is 17.2. The lowest BCUT2D eigenvalue weighted by atomic mass is 10.0. The molecule has 27 heavy (non-hydrogen) atoms. The lowest BCUT2D eigenvalue weighted by Crippen LogP contribution is -2.24. The highest BCUT2D eigenvalue weighted by atomic mass is 16.1. The average Bonchev–Trinajstić information content (AvgIpc) is 2.67. The van der Waals surface area contributed by atoms with Crippen molar-refractivity contribution in [1.82, 2.24) is 14.9 Å². The molecule has 1 aliphatic rings. The molecular weight excluding hydrogens is 338 g/mol. The number of hydrogen-bond donors (Lipinski definition) is 3. The molecule has 3 aromatic rings. The molecule has 4 N–H and O–H groups in total. The Morgan fingerprint density at radius 1 is 1.22 bits per heavy atom. The summed E-state index contributed by atoms with van der Waals surface area (Å²) >= 11 is 0. The molecule has 0 spiro atoms. The van der Waals surface area contributed by atoms with Gasteiger partial charge in [-0.15, -0.1) is 0 Å². The first-order valence-electron chi connectivity index (χ1n) is 9.05. The summed E-state index contributed by atoms with van der Waals surface area (Å²) in [7, 11) is 1.73. The van der Waals surface area contributed by atoms with Crippen LogP contribution in [0.2, 0.25) is 0 Å². The smallest absolute Gasteiger partial charge is 0.293 e. The second kappa shape index (κ2) is 6.89. The minimum absolute atomic E-state index is 0.167. The minimum Gasteiger partial charge on any atom is -0.398 e. The largest absolute Gasteiger partial charge is 0.398 e. The summed E-state index contributed by atoms with van der Waals surface area (Å²) in [5.41, 5.74) is 12.7. The van der Waals surface area contributed by atoms with E-state index in [-0.39, 0.29) is 5.56 Å². The van der Waals surface area contributed by atoms with Gasteiger partial charge in [-0.3, -0.25) is 4.79 Å². The first kappa shape index (κ1) is 17.3. The van der Waals surface area contributed by atoms with E-state index in [0.29, 0.717) is 17.2 Å². The molecule has 0 saturated carbocycles. The van der Waals surface area contributed by atoms with Gasteiger partial charge in [0.1, 0.15) is 0 Å². The third-order valence-corrected chi connectivity index (χ3v) is 5.08. The molecule has 0 aliphatic carbocycles. The van der Waals surface area contributed by atoms with Gasteiger partial charge in [0.05, 0.1) is 5.69 Å². The van der Waals surface area contributed by atoms with Crippen molar-refractivity contribution in [3.63, 3.8) is 0 Å². The van der Waals surface area contributed by atoms with Gasteiger partial charge >= 0.3 is 0 Å². The van der Waals surface area contributed by atoms with Crippen LogP contribution in [-0.4, -0.2) is 16.1 Å². The number of fused-ring (bicyclic) bond motifs is 1. The Kier molecular flexibility index (Phi) is 4.41. The molecule has 6 nitrogen and oxygen atoms in total. The zero-order chi connectivity index (χ0) is 19.0. The van der Waals surface area contributed by atoms with Gasteiger partial charge in [-0.25, -0.2) is 4.98 Å². The van der Waals surface area contributed by atoms with Crippen LogP contribution in [0.3, 0.4) is 0 Å². The quantitative estimate of drug-likeness (QED) is 0.625. The number of aryl methyl sites for hydroxylation is 1. The lowest BCUT2D eigenvalue weighted by molar-refractivity contribution is 0.644. The molecule has 2 aromatic carbocycles. The van der Waals surface area contributed by atoms with Crippen LogP contribution in [0.25, 0.3) is 11.3 Å². The SMILES string of the molecule is Cc1c(N)cccc1-c1cn(C)c(=O)c(Nc2ccc3c(c2)CCNC3)n1. The van der Waals surface area contributed by atoms with E-state index in [2.05, 4.69) is 27.8 Å². The predicted molar refractivity (Wildman–Crippen MR) is 109 cm³/mol. The number of anilines is 3. The number of rotatable bonds is 3. The lowest BCUT2D eigenvalue weighted by Gasteiger charge is -2.18. The van der Waals surface area contributed by atoms with E-state index in [9.17, 15) is 4.79 Å². The fourth-order valence-electron chi connectivity index (χ4n) is 3.44. The van der Waals surface area contributed by atoms with Crippen molar-refractivity contribution >= 4 is 17.2 Å². The van der Waals surface area contributed by atoms with Crippen LogP contribution >= 0.6 is 0 Å². The average molecular weight is 361 g/mol. The molecule has 1 aromatic heterocycles. The second-order valence-corrected chi connectivity index (χ2v) is 6.95. The maximum absolute atomic E-state index is 12.6. The molecule has 0 atom stereocenters. The summed E-state index contributed by atoms with van der Waals surface area (Å²) < 4.78 is 1.55. The number of nitrogens with one attached hydrogen (secondary N) is 2. The summed E-state index contributed by atoms with van der Waals surface area (Å²) in [5.74, 6) is 0.311. The van der Waals surface area contributed by atoms with Gasteiger partial charge in [-0.2, -0.15) is 0 Å². The highest BCUT2D eigenvalue weighted by Gasteiger charge is 2.13. The Balaban J connectivity index is 1.74. The van der Waals surface area contributed by atoms with Crippen molar-refractivity contribution in [2.24, 2.45) is 7.05 Å². The first-order valence-corrected chi connectivity index (χ1v) is 9.05. The Hall–Kier alpha value is -3.12. The van der Waals surface area contributed by atoms with E-state index in [1.54, 1.807) is 17.8 Å². The molecule has 0 saturated heterocycles. The van der Waals surface area contributed by atoms with Gasteiger partial charge in [0.25, 0.3) is 5.56 Å². The maximum Gasteiger partial charge on any atom is 0.293 e. The van der Waals surface area contributed by atoms with Gasteiger partial charge in [0, 0.05) is 36.7 Å². The van der Waals surface area contributed by atoms with Crippen LogP contribution < -0.4 is 21.9 Å². The van der Waals surface area contributed by atoms with Gasteiger partial charge in [-0.1, -0.05) is 18.2 Å². The Labute approximate surface area is 158 Å². The van der Waals surface area contributed by atoms with E-state index >= 15 is 0 Å². The molecule has 1 aliphatic heterocycles. The van der Waals surface area contributed by atoms with Crippen molar-refractivity contribution in [3.05, 3.63) is 69.6 Å². The molecular formula is C21H23N5O. The van der Waals surface area contributed by atoms with Gasteiger partial charge in [0.15, 0.2) is 5.82 Å². The summed E-state index contributed by atoms with van der Waals surface area (Å²) in [6, 6.07) is 11.9. The summed E-state index contributed by atoms with van der Waals surface area (Å²) in [5, 5.41) is 6.58. The number of nitrogens with zero attached hydrogens (tertiary/aromatic N) is 2. The fourth-order valence-corrected chi connectivity index (χ4v) is 3.44. The maximum atomic E-state index is 12.6. The zero-order valence-corrected chi connectivity index (χ0v) is 15.5. The third-order valence-electron chi connectivity index (χ3n) is 5.08. The van der Waals surface area contributed by atoms with Crippen LogP contribution in [0.15, 0.2) is 47.4 Å². The molecule has 0 unspecified atom stereocenters. The predicted octanol–water partition coefficient (Wildman–Crippen LogP) is 2.73. The molecule has 2 heterocycles. The number of hydrogen-bond acceptors (Lipinski definition) is 5. The van der Waals surface area contributed by atoms with Crippen LogP contribution in [-0.2, 0) is 20.0 Å². The third kappa shape index (κ3) is 3.31. The van der Waals surface area contributed by atoms with Crippen molar-refractivity contribution in [2.45, 2.75) is 19.9 Å². The number of nitrogen functional groups attached to an aromatic ring is 1. The van der Waals surface area contributed by atoms with E-state index in [4.69, 9.17) is 5.73 Å². The standard InChI is InChI=1S/C21H23N5O/c1-13-17(4-3-5-18(13)22)19-12-26(2)21(27)20(25-19)24-16-7-6-15-11-23-9-8-14(15)10-16/h3-7,10,12,23H,8-9,11,22H2,1-2H3,(H,24,25). The zero-order valence-electron chi connectivity index (χ0n) is 15.5. The Bertz CT molecular complexity index is 1070. The molecule has 0 bridgehead atoms. The van der Waals surface area contributed by atoms with E-state index in [1.807, 2.05) is 31.2 Å². The highest BCUT2D eigenvalue weighted by molar-refractivity contribution is 5.71. The Morgan fingerprint density at radius 2 is 2.07 bits per heavy atom. The monoisotopic (exact) mass is 361 g/mol. The number of aromatic nitrogens is 2. The van der Waals surface area contributed by atoms with Gasteiger partial charge < -0.3 is 20.9 Å².